The molecule has 0 N–H and O–H groups in total. The van der Waals surface area contributed by atoms with Gasteiger partial charge in [0, 0.05) is 8.80 Å². The Balaban J connectivity index is -0.0000000150. The van der Waals surface area contributed by atoms with Crippen molar-refractivity contribution in [3.8, 4) is 0 Å². The van der Waals surface area contributed by atoms with Crippen LogP contribution in [0.25, 0.3) is 0 Å². The summed E-state index contributed by atoms with van der Waals surface area (Å²) in [5, 5.41) is 0. The van der Waals surface area contributed by atoms with Gasteiger partial charge in [0.05, 0.1) is 0 Å². The van der Waals surface area contributed by atoms with Crippen molar-refractivity contribution in [1.29, 1.82) is 0 Å². The van der Waals surface area contributed by atoms with Crippen LogP contribution in [0.1, 0.15) is 0 Å². The summed E-state index contributed by atoms with van der Waals surface area (Å²) >= 11 is 0. The predicted octanol–water partition coefficient (Wildman–Crippen LogP) is -4.27. The van der Waals surface area contributed by atoms with Crippen LogP contribution in [0.15, 0.2) is 0 Å². The molecule has 0 unspecified atom stereocenters. The molecule has 0 amide bonds. The molecule has 0 spiro atoms. The molecule has 42 valence electrons. The maximum absolute atomic E-state index is 2.31. The molecule has 0 aliphatic rings. The van der Waals surface area contributed by atoms with Gasteiger partial charge in [-0.15, -0.1) is 24.0 Å². The molecule has 0 bridgehead atoms. The second-order valence-electron chi connectivity index (χ2n) is 1.73. The number of hydrogen-bond acceptors (Lipinski definition) is 0. The first-order valence-corrected chi connectivity index (χ1v) is 5.20. The van der Waals surface area contributed by atoms with E-state index in [-0.39, 0.29) is 74.7 Å². The van der Waals surface area contributed by atoms with Crippen LogP contribution in [-0.4, -0.2) is 8.80 Å². The van der Waals surface area contributed by atoms with Gasteiger partial charge in [-0.05, 0) is 0 Å². The third kappa shape index (κ3) is 64.0. The first kappa shape index (κ1) is 22.9. The van der Waals surface area contributed by atoms with E-state index in [1.807, 2.05) is 0 Å². The van der Waals surface area contributed by atoms with Crippen molar-refractivity contribution in [2.24, 2.45) is 0 Å². The normalized spacial score (nSPS) is 5.14. The molecule has 0 radical (unpaired) electrons. The molecule has 0 aliphatic heterocycles. The number of hydrogen-bond donors (Lipinski definition) is 0. The van der Waals surface area contributed by atoms with Crippen molar-refractivity contribution in [3.05, 3.63) is 0 Å². The van der Waals surface area contributed by atoms with Gasteiger partial charge in [-0.25, -0.2) is 0 Å². The fourth-order valence-electron chi connectivity index (χ4n) is 0. The zero-order chi connectivity index (χ0) is 3.58. The van der Waals surface area contributed by atoms with E-state index in [1.54, 1.807) is 0 Å². The third-order valence-electron chi connectivity index (χ3n) is 0. The van der Waals surface area contributed by atoms with E-state index in [4.69, 9.17) is 0 Å². The summed E-state index contributed by atoms with van der Waals surface area (Å²) in [6.45, 7) is 6.92. The Morgan fingerprint density at radius 2 is 1.00 bits per heavy atom. The quantitative estimate of drug-likeness (QED) is 0.306. The number of halogens is 2. The van der Waals surface area contributed by atoms with Gasteiger partial charge in [-0.3, -0.25) is 0 Å². The SMILES string of the molecule is C[SiH](C)C.I.[Cl-].[Na+]. The van der Waals surface area contributed by atoms with Crippen molar-refractivity contribution in [3.63, 3.8) is 0 Å². The molecular formula is C3H11ClINaSi. The first-order chi connectivity index (χ1) is 1.73. The summed E-state index contributed by atoms with van der Waals surface area (Å²) in [4.78, 5) is 0. The Labute approximate surface area is 93.2 Å². The summed E-state index contributed by atoms with van der Waals surface area (Å²) in [6, 6.07) is 0. The summed E-state index contributed by atoms with van der Waals surface area (Å²) < 4.78 is 0. The van der Waals surface area contributed by atoms with E-state index in [9.17, 15) is 0 Å². The van der Waals surface area contributed by atoms with Crippen molar-refractivity contribution in [1.82, 2.24) is 0 Å². The molecule has 0 heterocycles. The molecular weight excluding hydrogens is 249 g/mol. The minimum Gasteiger partial charge on any atom is -1.00 e. The Morgan fingerprint density at radius 1 is 1.00 bits per heavy atom. The first-order valence-electron chi connectivity index (χ1n) is 1.73. The van der Waals surface area contributed by atoms with Gasteiger partial charge in [0.25, 0.3) is 0 Å². The predicted molar refractivity (Wildman–Crippen MR) is 40.2 cm³/mol. The largest absolute Gasteiger partial charge is 1.00 e. The molecule has 0 aliphatic carbocycles. The zero-order valence-corrected chi connectivity index (χ0v) is 11.6. The molecule has 0 saturated carbocycles. The van der Waals surface area contributed by atoms with Crippen LogP contribution in [0, 0.1) is 0 Å². The van der Waals surface area contributed by atoms with Crippen LogP contribution in [-0.2, 0) is 0 Å². The van der Waals surface area contributed by atoms with Crippen LogP contribution in [0.3, 0.4) is 0 Å². The molecule has 0 nitrogen and oxygen atoms in total. The zero-order valence-electron chi connectivity index (χ0n) is 5.36. The second kappa shape index (κ2) is 15.7. The Morgan fingerprint density at radius 3 is 1.00 bits per heavy atom. The van der Waals surface area contributed by atoms with Gasteiger partial charge < -0.3 is 12.4 Å². The van der Waals surface area contributed by atoms with Crippen LogP contribution < -0.4 is 42.0 Å². The molecule has 0 aromatic heterocycles. The molecule has 0 atom stereocenters. The topological polar surface area (TPSA) is 0 Å². The van der Waals surface area contributed by atoms with Crippen LogP contribution in [0.2, 0.25) is 19.6 Å². The second-order valence-corrected chi connectivity index (χ2v) is 5.20. The van der Waals surface area contributed by atoms with Gasteiger partial charge in [0.1, 0.15) is 0 Å². The average molecular weight is 261 g/mol. The van der Waals surface area contributed by atoms with Gasteiger partial charge in [0.2, 0.25) is 0 Å². The molecule has 0 aromatic carbocycles. The molecule has 0 rings (SSSR count). The third-order valence-corrected chi connectivity index (χ3v) is 0. The summed E-state index contributed by atoms with van der Waals surface area (Å²) in [7, 11) is -0.139. The van der Waals surface area contributed by atoms with Gasteiger partial charge >= 0.3 is 29.6 Å². The van der Waals surface area contributed by atoms with Gasteiger partial charge in [-0.2, -0.15) is 0 Å². The molecule has 7 heavy (non-hydrogen) atoms. The van der Waals surface area contributed by atoms with E-state index in [2.05, 4.69) is 19.6 Å². The van der Waals surface area contributed by atoms with E-state index in [1.165, 1.54) is 0 Å². The van der Waals surface area contributed by atoms with Crippen molar-refractivity contribution in [2.75, 3.05) is 0 Å². The van der Waals surface area contributed by atoms with Crippen molar-refractivity contribution >= 4 is 32.8 Å². The number of rotatable bonds is 0. The van der Waals surface area contributed by atoms with Crippen molar-refractivity contribution < 1.29 is 42.0 Å². The monoisotopic (exact) mass is 260 g/mol. The minimum atomic E-state index is -0.139. The standard InChI is InChI=1S/C3H10Si.ClH.HI.Na/c1-4(2)3;;;/h4H,1-3H3;2*1H;/q;;;+1/p-1. The Bertz CT molecular complexity index is 19.7. The van der Waals surface area contributed by atoms with E-state index >= 15 is 0 Å². The molecule has 0 aromatic rings. The average Bonchev–Trinajstić information content (AvgIpc) is 0.811. The molecule has 0 saturated heterocycles. The maximum Gasteiger partial charge on any atom is 1.00 e. The Kier molecular flexibility index (Phi) is 51.3. The van der Waals surface area contributed by atoms with Crippen LogP contribution in [0.5, 0.6) is 0 Å². The minimum absolute atomic E-state index is 0. The van der Waals surface area contributed by atoms with Gasteiger partial charge in [0.15, 0.2) is 0 Å². The molecule has 0 fully saturated rings. The van der Waals surface area contributed by atoms with Crippen LogP contribution in [0.4, 0.5) is 0 Å². The van der Waals surface area contributed by atoms with E-state index < -0.39 is 0 Å². The van der Waals surface area contributed by atoms with Crippen LogP contribution >= 0.6 is 24.0 Å². The molecule has 4 heteroatoms. The smallest absolute Gasteiger partial charge is 1.00 e. The van der Waals surface area contributed by atoms with E-state index in [0.717, 1.165) is 0 Å². The summed E-state index contributed by atoms with van der Waals surface area (Å²) in [5.41, 5.74) is 0. The Hall–Kier alpha value is 2.24. The fourth-order valence-corrected chi connectivity index (χ4v) is 0. The van der Waals surface area contributed by atoms with Crippen molar-refractivity contribution in [2.45, 2.75) is 19.6 Å². The van der Waals surface area contributed by atoms with E-state index in [0.29, 0.717) is 0 Å². The summed E-state index contributed by atoms with van der Waals surface area (Å²) in [5.74, 6) is 0. The fraction of sp³-hybridized carbons (Fsp3) is 1.00. The maximum atomic E-state index is 2.31. The van der Waals surface area contributed by atoms with Gasteiger partial charge in [-0.1, -0.05) is 19.6 Å². The summed E-state index contributed by atoms with van der Waals surface area (Å²) in [6.07, 6.45) is 0.